The number of halogens is 3. The minimum absolute atomic E-state index is 0.205. The van der Waals surface area contributed by atoms with Crippen LogP contribution < -0.4 is 0 Å². The molecule has 7 heteroatoms. The second-order valence-electron chi connectivity index (χ2n) is 7.69. The van der Waals surface area contributed by atoms with Crippen molar-refractivity contribution >= 4 is 5.91 Å². The molecule has 0 unspecified atom stereocenters. The van der Waals surface area contributed by atoms with Crippen LogP contribution in [0.3, 0.4) is 0 Å². The van der Waals surface area contributed by atoms with Gasteiger partial charge in [0.15, 0.2) is 0 Å². The largest absolute Gasteiger partial charge is 0.406 e. The third-order valence-corrected chi connectivity index (χ3v) is 5.73. The van der Waals surface area contributed by atoms with Gasteiger partial charge in [-0.05, 0) is 38.5 Å². The fourth-order valence-corrected chi connectivity index (χ4v) is 4.09. The first-order valence-electron chi connectivity index (χ1n) is 9.96. The molecule has 4 nitrogen and oxygen atoms in total. The van der Waals surface area contributed by atoms with Crippen LogP contribution in [-0.4, -0.2) is 39.1 Å². The minimum Gasteiger partial charge on any atom is -0.327 e. The summed E-state index contributed by atoms with van der Waals surface area (Å²) in [5.41, 5.74) is 1.88. The summed E-state index contributed by atoms with van der Waals surface area (Å²) in [5, 5.41) is 0. The van der Waals surface area contributed by atoms with Crippen molar-refractivity contribution in [2.45, 2.75) is 63.7 Å². The van der Waals surface area contributed by atoms with E-state index in [1.165, 1.54) is 0 Å². The van der Waals surface area contributed by atoms with Crippen LogP contribution >= 0.6 is 0 Å². The average Bonchev–Trinajstić information content (AvgIpc) is 2.80. The monoisotopic (exact) mass is 391 g/mol. The third-order valence-electron chi connectivity index (χ3n) is 5.73. The Hall–Kier alpha value is -2.31. The zero-order chi connectivity index (χ0) is 19.7. The maximum absolute atomic E-state index is 13.2. The molecule has 2 heterocycles. The van der Waals surface area contributed by atoms with Gasteiger partial charge in [0.25, 0.3) is 5.91 Å². The highest BCUT2D eigenvalue weighted by Gasteiger charge is 2.40. The van der Waals surface area contributed by atoms with Gasteiger partial charge in [0.05, 0.1) is 5.69 Å². The molecular weight excluding hydrogens is 367 g/mol. The molecule has 28 heavy (non-hydrogen) atoms. The molecule has 150 valence electrons. The number of hydrogen-bond acceptors (Lipinski definition) is 2. The van der Waals surface area contributed by atoms with E-state index in [0.29, 0.717) is 25.1 Å². The number of alkyl halides is 3. The van der Waals surface area contributed by atoms with Crippen molar-refractivity contribution in [2.75, 3.05) is 6.54 Å². The van der Waals surface area contributed by atoms with E-state index in [1.807, 2.05) is 34.9 Å². The normalized spacial score (nSPS) is 17.5. The Morgan fingerprint density at radius 2 is 1.86 bits per heavy atom. The molecule has 4 rings (SSSR count). The molecule has 1 fully saturated rings. The van der Waals surface area contributed by atoms with Crippen LogP contribution in [0.15, 0.2) is 30.3 Å². The van der Waals surface area contributed by atoms with Crippen LogP contribution in [0.4, 0.5) is 13.2 Å². The lowest BCUT2D eigenvalue weighted by Gasteiger charge is -2.37. The van der Waals surface area contributed by atoms with Gasteiger partial charge in [0, 0.05) is 18.2 Å². The number of aromatic nitrogens is 2. The fourth-order valence-electron chi connectivity index (χ4n) is 4.09. The highest BCUT2D eigenvalue weighted by atomic mass is 19.4. The summed E-state index contributed by atoms with van der Waals surface area (Å²) in [4.78, 5) is 18.8. The van der Waals surface area contributed by atoms with E-state index < -0.39 is 18.6 Å². The number of nitrogens with zero attached hydrogens (tertiary/aromatic N) is 3. The number of amides is 1. The van der Waals surface area contributed by atoms with E-state index in [9.17, 15) is 18.0 Å². The van der Waals surface area contributed by atoms with Crippen LogP contribution in [0.25, 0.3) is 11.4 Å². The number of benzene rings is 1. The summed E-state index contributed by atoms with van der Waals surface area (Å²) < 4.78 is 41.5. The highest BCUT2D eigenvalue weighted by Crippen LogP contribution is 2.32. The molecule has 1 aromatic heterocycles. The molecule has 0 N–H and O–H groups in total. The molecule has 1 amide bonds. The van der Waals surface area contributed by atoms with Crippen molar-refractivity contribution in [3.8, 4) is 11.4 Å². The maximum atomic E-state index is 13.2. The molecular formula is C21H24F3N3O. The van der Waals surface area contributed by atoms with Crippen molar-refractivity contribution in [3.05, 3.63) is 41.7 Å². The zero-order valence-corrected chi connectivity index (χ0v) is 15.7. The molecule has 0 atom stereocenters. The molecule has 1 aromatic carbocycles. The smallest absolute Gasteiger partial charge is 0.327 e. The standard InChI is InChI=1S/C21H24F3N3O/c22-21(23,24)14-27(16-10-7-11-16)20(28)18-17-12-5-2-6-13-26(17)19(25-18)15-8-3-1-4-9-15/h1,3-4,8-9,16H,2,5-7,10-14H2. The molecule has 0 radical (unpaired) electrons. The molecule has 0 spiro atoms. The molecule has 1 saturated carbocycles. The minimum atomic E-state index is -4.41. The second kappa shape index (κ2) is 7.60. The van der Waals surface area contributed by atoms with Gasteiger partial charge < -0.3 is 9.47 Å². The van der Waals surface area contributed by atoms with Crippen molar-refractivity contribution in [3.63, 3.8) is 0 Å². The van der Waals surface area contributed by atoms with Crippen LogP contribution in [-0.2, 0) is 13.0 Å². The van der Waals surface area contributed by atoms with Gasteiger partial charge in [0.2, 0.25) is 0 Å². The topological polar surface area (TPSA) is 38.1 Å². The van der Waals surface area contributed by atoms with Gasteiger partial charge in [-0.3, -0.25) is 4.79 Å². The van der Waals surface area contributed by atoms with Gasteiger partial charge >= 0.3 is 6.18 Å². The predicted molar refractivity (Wildman–Crippen MR) is 99.9 cm³/mol. The number of carbonyl (C=O) groups is 1. The predicted octanol–water partition coefficient (Wildman–Crippen LogP) is 4.83. The van der Waals surface area contributed by atoms with E-state index in [1.54, 1.807) is 0 Å². The Morgan fingerprint density at radius 3 is 2.50 bits per heavy atom. The van der Waals surface area contributed by atoms with Gasteiger partial charge in [-0.2, -0.15) is 13.2 Å². The molecule has 0 bridgehead atoms. The summed E-state index contributed by atoms with van der Waals surface area (Å²) in [6.45, 7) is -0.466. The Bertz CT molecular complexity index is 841. The number of rotatable bonds is 4. The number of fused-ring (bicyclic) bond motifs is 1. The average molecular weight is 391 g/mol. The van der Waals surface area contributed by atoms with E-state index in [4.69, 9.17) is 0 Å². The Labute approximate surface area is 162 Å². The van der Waals surface area contributed by atoms with Crippen LogP contribution in [0, 0.1) is 0 Å². The van der Waals surface area contributed by atoms with Crippen molar-refractivity contribution in [1.82, 2.24) is 14.5 Å². The van der Waals surface area contributed by atoms with E-state index in [0.717, 1.165) is 48.4 Å². The first-order valence-corrected chi connectivity index (χ1v) is 9.96. The van der Waals surface area contributed by atoms with E-state index >= 15 is 0 Å². The fraction of sp³-hybridized carbons (Fsp3) is 0.524. The van der Waals surface area contributed by atoms with Gasteiger partial charge in [-0.15, -0.1) is 0 Å². The van der Waals surface area contributed by atoms with Gasteiger partial charge in [-0.25, -0.2) is 4.98 Å². The molecule has 1 aliphatic carbocycles. The highest BCUT2D eigenvalue weighted by molar-refractivity contribution is 5.94. The SMILES string of the molecule is O=C(c1nc(-c2ccccc2)n2c1CCCCC2)N(CC(F)(F)F)C1CCC1. The first kappa shape index (κ1) is 19.0. The van der Waals surface area contributed by atoms with E-state index in [-0.39, 0.29) is 11.7 Å². The van der Waals surface area contributed by atoms with Gasteiger partial charge in [-0.1, -0.05) is 36.8 Å². The summed E-state index contributed by atoms with van der Waals surface area (Å²) in [5.74, 6) is 0.108. The quantitative estimate of drug-likeness (QED) is 0.749. The van der Waals surface area contributed by atoms with Crippen LogP contribution in [0.5, 0.6) is 0 Å². The number of carbonyl (C=O) groups excluding carboxylic acids is 1. The zero-order valence-electron chi connectivity index (χ0n) is 15.7. The van der Waals surface area contributed by atoms with Crippen LogP contribution in [0.1, 0.15) is 54.7 Å². The first-order chi connectivity index (χ1) is 13.4. The summed E-state index contributed by atoms with van der Waals surface area (Å²) >= 11 is 0. The van der Waals surface area contributed by atoms with Gasteiger partial charge in [0.1, 0.15) is 18.1 Å². The maximum Gasteiger partial charge on any atom is 0.406 e. The molecule has 0 saturated heterocycles. The Kier molecular flexibility index (Phi) is 5.17. The summed E-state index contributed by atoms with van der Waals surface area (Å²) in [6.07, 6.45) is 1.32. The summed E-state index contributed by atoms with van der Waals surface area (Å²) in [6, 6.07) is 9.22. The number of hydrogen-bond donors (Lipinski definition) is 0. The number of imidazole rings is 1. The lowest BCUT2D eigenvalue weighted by atomic mass is 9.91. The molecule has 2 aliphatic rings. The summed E-state index contributed by atoms with van der Waals surface area (Å²) in [7, 11) is 0. The molecule has 2 aromatic rings. The van der Waals surface area contributed by atoms with E-state index in [2.05, 4.69) is 4.98 Å². The lowest BCUT2D eigenvalue weighted by molar-refractivity contribution is -0.147. The Balaban J connectivity index is 1.75. The van der Waals surface area contributed by atoms with Crippen LogP contribution in [0.2, 0.25) is 0 Å². The third kappa shape index (κ3) is 3.80. The van der Waals surface area contributed by atoms with Crippen molar-refractivity contribution in [1.29, 1.82) is 0 Å². The van der Waals surface area contributed by atoms with Crippen molar-refractivity contribution in [2.24, 2.45) is 0 Å². The molecule has 1 aliphatic heterocycles. The Morgan fingerprint density at radius 1 is 1.11 bits per heavy atom. The lowest BCUT2D eigenvalue weighted by Crippen LogP contribution is -2.49. The second-order valence-corrected chi connectivity index (χ2v) is 7.69. The van der Waals surface area contributed by atoms with Crippen molar-refractivity contribution < 1.29 is 18.0 Å².